The maximum atomic E-state index is 13.0. The predicted molar refractivity (Wildman–Crippen MR) is 97.6 cm³/mol. The highest BCUT2D eigenvalue weighted by molar-refractivity contribution is 6.08. The molecule has 0 aliphatic carbocycles. The molecule has 0 spiro atoms. The summed E-state index contributed by atoms with van der Waals surface area (Å²) in [6.07, 6.45) is -4.47. The van der Waals surface area contributed by atoms with Gasteiger partial charge in [0, 0.05) is 11.3 Å². The monoisotopic (exact) mass is 382 g/mol. The summed E-state index contributed by atoms with van der Waals surface area (Å²) in [5, 5.41) is 9.53. The van der Waals surface area contributed by atoms with Crippen molar-refractivity contribution in [1.82, 2.24) is 9.55 Å². The van der Waals surface area contributed by atoms with Gasteiger partial charge < -0.3 is 5.11 Å². The number of rotatable bonds is 3. The Kier molecular flexibility index (Phi) is 4.15. The van der Waals surface area contributed by atoms with E-state index in [1.807, 2.05) is 0 Å². The SMILES string of the molecule is O=C(c1ccc(C(F)(F)F)cc1)c1nc2ccccc2n1-c1ccc(O)cc1. The fraction of sp³-hybridized carbons (Fsp3) is 0.0476. The standard InChI is InChI=1S/C21H13F3N2O2/c22-21(23,24)14-7-5-13(6-8-14)19(28)20-25-17-3-1-2-4-18(17)26(20)15-9-11-16(27)12-10-15/h1-12,27H. The summed E-state index contributed by atoms with van der Waals surface area (Å²) in [6, 6.07) is 17.4. The van der Waals surface area contributed by atoms with Crippen LogP contribution in [-0.2, 0) is 6.18 Å². The average Bonchev–Trinajstić information content (AvgIpc) is 3.07. The van der Waals surface area contributed by atoms with Gasteiger partial charge in [0.05, 0.1) is 16.6 Å². The van der Waals surface area contributed by atoms with Crippen LogP contribution in [0.3, 0.4) is 0 Å². The lowest BCUT2D eigenvalue weighted by Crippen LogP contribution is -2.11. The Morgan fingerprint density at radius 3 is 2.18 bits per heavy atom. The van der Waals surface area contributed by atoms with Crippen LogP contribution in [0, 0.1) is 0 Å². The number of nitrogens with zero attached hydrogens (tertiary/aromatic N) is 2. The van der Waals surface area contributed by atoms with E-state index in [2.05, 4.69) is 4.98 Å². The molecule has 1 heterocycles. The molecule has 7 heteroatoms. The van der Waals surface area contributed by atoms with Gasteiger partial charge in [-0.25, -0.2) is 4.98 Å². The molecule has 0 saturated heterocycles. The van der Waals surface area contributed by atoms with E-state index < -0.39 is 17.5 Å². The minimum atomic E-state index is -4.47. The van der Waals surface area contributed by atoms with Crippen LogP contribution in [0.15, 0.2) is 72.8 Å². The zero-order valence-corrected chi connectivity index (χ0v) is 14.3. The lowest BCUT2D eigenvalue weighted by atomic mass is 10.1. The van der Waals surface area contributed by atoms with E-state index in [1.54, 1.807) is 41.0 Å². The number of hydrogen-bond donors (Lipinski definition) is 1. The van der Waals surface area contributed by atoms with Crippen LogP contribution in [0.2, 0.25) is 0 Å². The second kappa shape index (κ2) is 6.53. The van der Waals surface area contributed by atoms with Crippen molar-refractivity contribution in [2.24, 2.45) is 0 Å². The number of aromatic nitrogens is 2. The molecule has 28 heavy (non-hydrogen) atoms. The highest BCUT2D eigenvalue weighted by atomic mass is 19.4. The number of hydrogen-bond acceptors (Lipinski definition) is 3. The van der Waals surface area contributed by atoms with Gasteiger partial charge in [0.1, 0.15) is 5.75 Å². The molecule has 140 valence electrons. The Morgan fingerprint density at radius 2 is 1.54 bits per heavy atom. The Balaban J connectivity index is 1.85. The zero-order valence-electron chi connectivity index (χ0n) is 14.3. The van der Waals surface area contributed by atoms with Crippen LogP contribution in [-0.4, -0.2) is 20.4 Å². The molecule has 0 saturated carbocycles. The van der Waals surface area contributed by atoms with Crippen LogP contribution in [0.5, 0.6) is 5.75 Å². The zero-order chi connectivity index (χ0) is 19.9. The number of para-hydroxylation sites is 2. The first kappa shape index (κ1) is 17.8. The number of ketones is 1. The van der Waals surface area contributed by atoms with E-state index in [0.717, 1.165) is 24.3 Å². The number of fused-ring (bicyclic) bond motifs is 1. The molecule has 0 amide bonds. The van der Waals surface area contributed by atoms with Crippen molar-refractivity contribution in [3.63, 3.8) is 0 Å². The number of carbonyl (C=O) groups is 1. The molecule has 0 unspecified atom stereocenters. The van der Waals surface area contributed by atoms with Gasteiger partial charge in [0.2, 0.25) is 5.78 Å². The van der Waals surface area contributed by atoms with Crippen LogP contribution >= 0.6 is 0 Å². The first-order chi connectivity index (χ1) is 13.3. The lowest BCUT2D eigenvalue weighted by Gasteiger charge is -2.10. The minimum absolute atomic E-state index is 0.0730. The van der Waals surface area contributed by atoms with E-state index in [1.165, 1.54) is 12.1 Å². The molecule has 4 rings (SSSR count). The van der Waals surface area contributed by atoms with Crippen LogP contribution in [0.25, 0.3) is 16.7 Å². The Morgan fingerprint density at radius 1 is 0.893 bits per heavy atom. The highest BCUT2D eigenvalue weighted by Crippen LogP contribution is 2.30. The van der Waals surface area contributed by atoms with E-state index in [4.69, 9.17) is 0 Å². The second-order valence-electron chi connectivity index (χ2n) is 6.18. The molecule has 0 atom stereocenters. The summed E-state index contributed by atoms with van der Waals surface area (Å²) in [5.41, 5.74) is 1.12. The number of carbonyl (C=O) groups excluding carboxylic acids is 1. The summed E-state index contributed by atoms with van der Waals surface area (Å²) in [5.74, 6) is -0.353. The van der Waals surface area contributed by atoms with Gasteiger partial charge in [0.15, 0.2) is 5.82 Å². The van der Waals surface area contributed by atoms with Crippen LogP contribution in [0.1, 0.15) is 21.7 Å². The highest BCUT2D eigenvalue weighted by Gasteiger charge is 2.30. The number of phenolic OH excluding ortho intramolecular Hbond substituents is 1. The summed E-state index contributed by atoms with van der Waals surface area (Å²) >= 11 is 0. The Bertz CT molecular complexity index is 1160. The first-order valence-electron chi connectivity index (χ1n) is 8.33. The quantitative estimate of drug-likeness (QED) is 0.509. The second-order valence-corrected chi connectivity index (χ2v) is 6.18. The van der Waals surface area contributed by atoms with Crippen molar-refractivity contribution in [3.8, 4) is 11.4 Å². The molecule has 0 aliphatic rings. The Labute approximate surface area is 157 Å². The number of halogens is 3. The molecular formula is C21H13F3N2O2. The van der Waals surface area contributed by atoms with E-state index in [9.17, 15) is 23.1 Å². The number of alkyl halides is 3. The fourth-order valence-corrected chi connectivity index (χ4v) is 2.98. The molecule has 1 aromatic heterocycles. The fourth-order valence-electron chi connectivity index (χ4n) is 2.98. The molecule has 1 N–H and O–H groups in total. The van der Waals surface area contributed by atoms with Crippen molar-refractivity contribution in [3.05, 3.63) is 89.7 Å². The van der Waals surface area contributed by atoms with Gasteiger partial charge in [-0.05, 0) is 48.5 Å². The van der Waals surface area contributed by atoms with Crippen molar-refractivity contribution in [2.75, 3.05) is 0 Å². The van der Waals surface area contributed by atoms with Crippen LogP contribution < -0.4 is 0 Å². The normalized spacial score (nSPS) is 11.7. The van der Waals surface area contributed by atoms with Gasteiger partial charge in [-0.1, -0.05) is 24.3 Å². The van der Waals surface area contributed by atoms with Gasteiger partial charge in [0.25, 0.3) is 0 Å². The number of benzene rings is 3. The number of aromatic hydroxyl groups is 1. The summed E-state index contributed by atoms with van der Waals surface area (Å²) < 4.78 is 40.0. The Hall–Kier alpha value is -3.61. The van der Waals surface area contributed by atoms with Gasteiger partial charge in [-0.15, -0.1) is 0 Å². The van der Waals surface area contributed by atoms with Crippen LogP contribution in [0.4, 0.5) is 13.2 Å². The third-order valence-electron chi connectivity index (χ3n) is 4.35. The smallest absolute Gasteiger partial charge is 0.416 e. The third-order valence-corrected chi connectivity index (χ3v) is 4.35. The number of phenols is 1. The van der Waals surface area contributed by atoms with Crippen molar-refractivity contribution in [2.45, 2.75) is 6.18 Å². The largest absolute Gasteiger partial charge is 0.508 e. The summed E-state index contributed by atoms with van der Waals surface area (Å²) in [7, 11) is 0. The van der Waals surface area contributed by atoms with Crippen molar-refractivity contribution >= 4 is 16.8 Å². The van der Waals surface area contributed by atoms with Gasteiger partial charge >= 0.3 is 6.18 Å². The molecule has 4 aromatic rings. The minimum Gasteiger partial charge on any atom is -0.508 e. The average molecular weight is 382 g/mol. The van der Waals surface area contributed by atoms with E-state index >= 15 is 0 Å². The van der Waals surface area contributed by atoms with Crippen molar-refractivity contribution < 1.29 is 23.1 Å². The molecule has 3 aromatic carbocycles. The lowest BCUT2D eigenvalue weighted by molar-refractivity contribution is -0.137. The topological polar surface area (TPSA) is 55.1 Å². The maximum Gasteiger partial charge on any atom is 0.416 e. The van der Waals surface area contributed by atoms with Crippen molar-refractivity contribution in [1.29, 1.82) is 0 Å². The van der Waals surface area contributed by atoms with Gasteiger partial charge in [-0.2, -0.15) is 13.2 Å². The number of imidazole rings is 1. The third kappa shape index (κ3) is 3.11. The molecule has 0 aliphatic heterocycles. The summed E-state index contributed by atoms with van der Waals surface area (Å²) in [6.45, 7) is 0. The summed E-state index contributed by atoms with van der Waals surface area (Å²) in [4.78, 5) is 17.4. The van der Waals surface area contributed by atoms with Gasteiger partial charge in [-0.3, -0.25) is 9.36 Å². The predicted octanol–water partition coefficient (Wildman–Crippen LogP) is 4.98. The van der Waals surface area contributed by atoms with E-state index in [0.29, 0.717) is 16.7 Å². The maximum absolute atomic E-state index is 13.0. The molecule has 4 nitrogen and oxygen atoms in total. The first-order valence-corrected chi connectivity index (χ1v) is 8.33. The molecule has 0 fully saturated rings. The molecule has 0 radical (unpaired) electrons. The van der Waals surface area contributed by atoms with E-state index in [-0.39, 0.29) is 17.1 Å². The molecular weight excluding hydrogens is 369 g/mol. The molecule has 0 bridgehead atoms.